The Kier molecular flexibility index (Phi) is 4.78. The van der Waals surface area contributed by atoms with Crippen molar-refractivity contribution in [3.8, 4) is 28.7 Å². The van der Waals surface area contributed by atoms with E-state index in [1.54, 1.807) is 18.2 Å². The van der Waals surface area contributed by atoms with Crippen molar-refractivity contribution >= 4 is 41.8 Å². The van der Waals surface area contributed by atoms with Crippen LogP contribution in [0, 0.1) is 3.57 Å². The van der Waals surface area contributed by atoms with E-state index in [2.05, 4.69) is 0 Å². The average Bonchev–Trinajstić information content (AvgIpc) is 3.08. The molecular weight excluding hydrogens is 520 g/mol. The molecule has 0 radical (unpaired) electrons. The van der Waals surface area contributed by atoms with Crippen LogP contribution in [0.15, 0.2) is 30.3 Å². The topological polar surface area (TPSA) is 74.2 Å². The molecule has 2 aromatic rings. The van der Waals surface area contributed by atoms with Crippen molar-refractivity contribution in [2.45, 2.75) is 12.3 Å². The third-order valence-electron chi connectivity index (χ3n) is 3.74. The largest absolute Gasteiger partial charge is 0.477 e. The molecule has 148 valence electrons. The summed E-state index contributed by atoms with van der Waals surface area (Å²) < 4.78 is 60.4. The fourth-order valence-electron chi connectivity index (χ4n) is 2.52. The SMILES string of the molecule is O=C(O)C1=Ic2cc(Cl)c(Oc3ccc4c(c3)OCO4)cc2O[C@@H]1C(F)(F)F. The number of ether oxygens (including phenoxy) is 4. The third-order valence-corrected chi connectivity index (χ3v) is 7.07. The Labute approximate surface area is 170 Å². The Hall–Kier alpha value is -2.21. The summed E-state index contributed by atoms with van der Waals surface area (Å²) in [6.45, 7) is 0.0805. The fourth-order valence-corrected chi connectivity index (χ4v) is 5.54. The number of halogens is 5. The van der Waals surface area contributed by atoms with Gasteiger partial charge in [-0.2, -0.15) is 13.2 Å². The minimum Gasteiger partial charge on any atom is -0.477 e. The number of benzene rings is 2. The van der Waals surface area contributed by atoms with Crippen LogP contribution in [0.2, 0.25) is 5.02 Å². The molecule has 0 amide bonds. The predicted molar refractivity (Wildman–Crippen MR) is 99.9 cm³/mol. The second-order valence-electron chi connectivity index (χ2n) is 5.62. The first-order chi connectivity index (χ1) is 13.2. The van der Waals surface area contributed by atoms with Crippen molar-refractivity contribution in [1.29, 1.82) is 0 Å². The van der Waals surface area contributed by atoms with E-state index in [0.717, 1.165) is 0 Å². The molecule has 0 aromatic heterocycles. The third kappa shape index (κ3) is 3.58. The minimum atomic E-state index is -4.84. The van der Waals surface area contributed by atoms with Gasteiger partial charge in [-0.25, -0.2) is 4.79 Å². The number of carboxylic acid groups (broad SMARTS) is 1. The molecule has 4 rings (SSSR count). The van der Waals surface area contributed by atoms with Crippen molar-refractivity contribution in [1.82, 2.24) is 0 Å². The van der Waals surface area contributed by atoms with Crippen LogP contribution in [0.1, 0.15) is 0 Å². The van der Waals surface area contributed by atoms with Gasteiger partial charge in [0.15, 0.2) is 11.5 Å². The lowest BCUT2D eigenvalue weighted by Gasteiger charge is -2.26. The minimum absolute atomic E-state index is 0.0722. The number of carbonyl (C=O) groups is 1. The molecule has 2 aliphatic rings. The molecule has 28 heavy (non-hydrogen) atoms. The number of aliphatic carboxylic acids is 1. The molecule has 1 N–H and O–H groups in total. The van der Waals surface area contributed by atoms with Crippen LogP contribution >= 0.6 is 32.3 Å². The van der Waals surface area contributed by atoms with Gasteiger partial charge in [-0.3, -0.25) is 0 Å². The quantitative estimate of drug-likeness (QED) is 0.588. The lowest BCUT2D eigenvalue weighted by molar-refractivity contribution is -0.175. The van der Waals surface area contributed by atoms with Crippen LogP contribution in [0.4, 0.5) is 13.2 Å². The average molecular weight is 529 g/mol. The molecule has 1 atom stereocenters. The van der Waals surface area contributed by atoms with Gasteiger partial charge >= 0.3 is 12.1 Å². The zero-order valence-corrected chi connectivity index (χ0v) is 16.5. The highest BCUT2D eigenvalue weighted by molar-refractivity contribution is 14.2. The van der Waals surface area contributed by atoms with Crippen LogP contribution in [0.5, 0.6) is 28.7 Å². The summed E-state index contributed by atoms with van der Waals surface area (Å²) in [6, 6.07) is 7.38. The number of rotatable bonds is 3. The summed E-state index contributed by atoms with van der Waals surface area (Å²) in [5.74, 6) is -0.309. The van der Waals surface area contributed by atoms with Crippen LogP contribution in [-0.2, 0) is 4.79 Å². The maximum absolute atomic E-state index is 13.2. The van der Waals surface area contributed by atoms with Gasteiger partial charge in [0, 0.05) is 12.1 Å². The normalized spacial score (nSPS) is 17.7. The second kappa shape index (κ2) is 6.99. The second-order valence-corrected chi connectivity index (χ2v) is 8.89. The van der Waals surface area contributed by atoms with Gasteiger partial charge in [0.25, 0.3) is 0 Å². The van der Waals surface area contributed by atoms with E-state index in [4.69, 9.17) is 35.7 Å². The molecule has 11 heteroatoms. The first kappa shape index (κ1) is 19.1. The lowest BCUT2D eigenvalue weighted by Crippen LogP contribution is -2.45. The summed E-state index contributed by atoms with van der Waals surface area (Å²) in [7, 11) is 0. The van der Waals surface area contributed by atoms with Crippen molar-refractivity contribution in [3.63, 3.8) is 0 Å². The maximum Gasteiger partial charge on any atom is 0.430 e. The van der Waals surface area contributed by atoms with Crippen molar-refractivity contribution in [2.75, 3.05) is 6.79 Å². The van der Waals surface area contributed by atoms with Crippen LogP contribution in [0.3, 0.4) is 0 Å². The molecule has 0 saturated carbocycles. The van der Waals surface area contributed by atoms with Crippen LogP contribution in [0.25, 0.3) is 0 Å². The first-order valence-corrected chi connectivity index (χ1v) is 10.2. The Balaban J connectivity index is 1.69. The zero-order valence-electron chi connectivity index (χ0n) is 13.5. The van der Waals surface area contributed by atoms with Crippen molar-refractivity contribution in [3.05, 3.63) is 38.9 Å². The first-order valence-electron chi connectivity index (χ1n) is 7.62. The van der Waals surface area contributed by atoms with Crippen molar-refractivity contribution < 1.29 is 42.0 Å². The Morgan fingerprint density at radius 3 is 2.64 bits per heavy atom. The molecule has 2 aliphatic heterocycles. The predicted octanol–water partition coefficient (Wildman–Crippen LogP) is 4.58. The zero-order chi connectivity index (χ0) is 20.1. The molecular formula is C17H9ClF3IO6. The molecule has 6 nitrogen and oxygen atoms in total. The lowest BCUT2D eigenvalue weighted by atomic mass is 10.2. The molecule has 0 aliphatic carbocycles. The Morgan fingerprint density at radius 2 is 1.93 bits per heavy atom. The summed E-state index contributed by atoms with van der Waals surface area (Å²) in [5, 5.41) is 9.24. The van der Waals surface area contributed by atoms with Gasteiger partial charge in [0.2, 0.25) is 12.9 Å². The Morgan fingerprint density at radius 1 is 1.18 bits per heavy atom. The van der Waals surface area contributed by atoms with Gasteiger partial charge in [0.05, 0.1) is 8.59 Å². The van der Waals surface area contributed by atoms with E-state index in [1.165, 1.54) is 12.1 Å². The van der Waals surface area contributed by atoms with Crippen molar-refractivity contribution in [2.24, 2.45) is 0 Å². The molecule has 0 saturated heterocycles. The van der Waals surface area contributed by atoms with Crippen LogP contribution < -0.4 is 18.9 Å². The van der Waals surface area contributed by atoms with E-state index in [-0.39, 0.29) is 23.3 Å². The van der Waals surface area contributed by atoms with E-state index in [1.807, 2.05) is 0 Å². The molecule has 0 spiro atoms. The molecule has 0 fully saturated rings. The van der Waals surface area contributed by atoms with Gasteiger partial charge in [0.1, 0.15) is 20.8 Å². The van der Waals surface area contributed by atoms with Gasteiger partial charge in [-0.15, -0.1) is 0 Å². The maximum atomic E-state index is 13.2. The molecule has 2 aromatic carbocycles. The monoisotopic (exact) mass is 528 g/mol. The Bertz CT molecular complexity index is 1010. The number of alkyl halides is 3. The highest BCUT2D eigenvalue weighted by Gasteiger charge is 2.49. The standard InChI is InChI=1S/C17H9ClF3IO6/c18-8-4-9-12(28-15(17(19,20)21)14(22-9)16(23)24)5-11(8)27-7-1-2-10-13(3-7)26-6-25-10/h1-5,15H,6H2,(H,23,24)/t15-/m0/s1. The van der Waals surface area contributed by atoms with E-state index >= 15 is 0 Å². The van der Waals surface area contributed by atoms with E-state index < -0.39 is 42.5 Å². The van der Waals surface area contributed by atoms with Gasteiger partial charge in [-0.1, -0.05) is 32.3 Å². The molecule has 0 unspecified atom stereocenters. The molecule has 2 heterocycles. The summed E-state index contributed by atoms with van der Waals surface area (Å²) in [6.07, 6.45) is -7.34. The van der Waals surface area contributed by atoms with E-state index in [9.17, 15) is 18.0 Å². The number of hydrogen-bond donors (Lipinski definition) is 1. The fraction of sp³-hybridized carbons (Fsp3) is 0.176. The summed E-state index contributed by atoms with van der Waals surface area (Å²) >= 11 is 4.57. The highest BCUT2D eigenvalue weighted by atomic mass is 127. The number of fused-ring (bicyclic) bond motifs is 2. The number of carboxylic acids is 1. The number of hydrogen-bond acceptors (Lipinski definition) is 5. The molecule has 0 bridgehead atoms. The van der Waals surface area contributed by atoms with Crippen LogP contribution in [-0.4, -0.2) is 33.7 Å². The summed E-state index contributed by atoms with van der Waals surface area (Å²) in [4.78, 5) is 11.2. The highest BCUT2D eigenvalue weighted by Crippen LogP contribution is 2.44. The van der Waals surface area contributed by atoms with Gasteiger partial charge in [-0.05, 0) is 18.2 Å². The van der Waals surface area contributed by atoms with Gasteiger partial charge < -0.3 is 24.1 Å². The summed E-state index contributed by atoms with van der Waals surface area (Å²) in [5.41, 5.74) is 0. The smallest absolute Gasteiger partial charge is 0.430 e. The van der Waals surface area contributed by atoms with E-state index in [0.29, 0.717) is 20.8 Å².